The molecule has 0 aliphatic carbocycles. The van der Waals surface area contributed by atoms with Crippen LogP contribution in [0.3, 0.4) is 0 Å². The number of anilines is 2. The molecule has 0 bridgehead atoms. The second-order valence-corrected chi connectivity index (χ2v) is 6.81. The van der Waals surface area contributed by atoms with E-state index < -0.39 is 0 Å². The van der Waals surface area contributed by atoms with Crippen molar-refractivity contribution in [1.29, 1.82) is 0 Å². The zero-order chi connectivity index (χ0) is 16.3. The fraction of sp³-hybridized carbons (Fsp3) is 0.267. The zero-order valence-electron chi connectivity index (χ0n) is 12.6. The number of rotatable bonds is 4. The first kappa shape index (κ1) is 16.8. The largest absolute Gasteiger partial charge is 0.397 e. The molecule has 1 aromatic heterocycles. The van der Waals surface area contributed by atoms with Crippen molar-refractivity contribution in [1.82, 2.24) is 9.97 Å². The highest BCUT2D eigenvalue weighted by Crippen LogP contribution is 2.27. The van der Waals surface area contributed by atoms with Crippen molar-refractivity contribution in [2.75, 3.05) is 16.8 Å². The molecule has 0 unspecified atom stereocenters. The number of hydrogen-bond acceptors (Lipinski definition) is 5. The van der Waals surface area contributed by atoms with E-state index in [4.69, 9.17) is 5.73 Å². The number of halogens is 1. The van der Waals surface area contributed by atoms with E-state index in [1.807, 2.05) is 32.9 Å². The minimum absolute atomic E-state index is 0.142. The van der Waals surface area contributed by atoms with Gasteiger partial charge in [0.15, 0.2) is 5.16 Å². The van der Waals surface area contributed by atoms with E-state index >= 15 is 0 Å². The molecule has 0 fully saturated rings. The average molecular weight is 381 g/mol. The maximum atomic E-state index is 12.1. The lowest BCUT2D eigenvalue weighted by Gasteiger charge is -2.11. The number of aryl methyl sites for hydroxylation is 3. The van der Waals surface area contributed by atoms with Gasteiger partial charge in [0.25, 0.3) is 0 Å². The Bertz CT molecular complexity index is 701. The summed E-state index contributed by atoms with van der Waals surface area (Å²) in [7, 11) is 0. The Hall–Kier alpha value is -1.60. The third kappa shape index (κ3) is 4.45. The number of nitrogen functional groups attached to an aromatic ring is 1. The summed E-state index contributed by atoms with van der Waals surface area (Å²) in [6.45, 7) is 5.71. The van der Waals surface area contributed by atoms with Crippen LogP contribution in [-0.2, 0) is 4.79 Å². The lowest BCUT2D eigenvalue weighted by Crippen LogP contribution is -2.16. The summed E-state index contributed by atoms with van der Waals surface area (Å²) in [5.41, 5.74) is 9.86. The molecule has 2 rings (SSSR count). The van der Waals surface area contributed by atoms with Crippen molar-refractivity contribution < 1.29 is 4.79 Å². The molecule has 116 valence electrons. The van der Waals surface area contributed by atoms with Gasteiger partial charge in [-0.25, -0.2) is 9.97 Å². The smallest absolute Gasteiger partial charge is 0.234 e. The molecule has 0 spiro atoms. The molecule has 1 amide bonds. The number of hydrogen-bond donors (Lipinski definition) is 2. The predicted molar refractivity (Wildman–Crippen MR) is 94.2 cm³/mol. The van der Waals surface area contributed by atoms with E-state index in [-0.39, 0.29) is 11.7 Å². The summed E-state index contributed by atoms with van der Waals surface area (Å²) < 4.78 is 0.875. The molecule has 3 N–H and O–H groups in total. The van der Waals surface area contributed by atoms with Gasteiger partial charge in [-0.1, -0.05) is 27.7 Å². The van der Waals surface area contributed by atoms with Gasteiger partial charge < -0.3 is 11.1 Å². The van der Waals surface area contributed by atoms with Crippen LogP contribution in [0.5, 0.6) is 0 Å². The molecule has 22 heavy (non-hydrogen) atoms. The number of nitrogens with one attached hydrogen (secondary N) is 1. The fourth-order valence-corrected chi connectivity index (χ4v) is 3.25. The summed E-state index contributed by atoms with van der Waals surface area (Å²) in [6, 6.07) is 5.59. The normalized spacial score (nSPS) is 10.5. The molecular formula is C15H17BrN4OS. The van der Waals surface area contributed by atoms with Crippen LogP contribution >= 0.6 is 27.7 Å². The van der Waals surface area contributed by atoms with Crippen LogP contribution in [0.25, 0.3) is 0 Å². The molecule has 5 nitrogen and oxygen atoms in total. The molecular weight excluding hydrogens is 364 g/mol. The first-order valence-electron chi connectivity index (χ1n) is 6.65. The molecule has 0 atom stereocenters. The summed E-state index contributed by atoms with van der Waals surface area (Å²) in [5.74, 6) is 0.0883. The van der Waals surface area contributed by atoms with Crippen LogP contribution in [0.1, 0.15) is 17.0 Å². The third-order valence-electron chi connectivity index (χ3n) is 2.92. The number of amides is 1. The molecule has 1 aromatic carbocycles. The van der Waals surface area contributed by atoms with E-state index in [1.165, 1.54) is 11.8 Å². The zero-order valence-corrected chi connectivity index (χ0v) is 15.0. The van der Waals surface area contributed by atoms with Crippen molar-refractivity contribution in [3.05, 3.63) is 39.6 Å². The van der Waals surface area contributed by atoms with Gasteiger partial charge >= 0.3 is 0 Å². The Kier molecular flexibility index (Phi) is 5.42. The number of nitrogens with two attached hydrogens (primary N) is 1. The maximum absolute atomic E-state index is 12.1. The number of aromatic nitrogens is 2. The highest BCUT2D eigenvalue weighted by atomic mass is 79.9. The van der Waals surface area contributed by atoms with Crippen LogP contribution in [0.2, 0.25) is 0 Å². The van der Waals surface area contributed by atoms with Gasteiger partial charge in [-0.15, -0.1) is 0 Å². The topological polar surface area (TPSA) is 80.9 Å². The van der Waals surface area contributed by atoms with Crippen LogP contribution in [0, 0.1) is 20.8 Å². The van der Waals surface area contributed by atoms with Gasteiger partial charge in [-0.2, -0.15) is 0 Å². The minimum Gasteiger partial charge on any atom is -0.397 e. The molecule has 0 saturated carbocycles. The van der Waals surface area contributed by atoms with Gasteiger partial charge in [0.1, 0.15) is 0 Å². The van der Waals surface area contributed by atoms with Crippen LogP contribution in [0.15, 0.2) is 27.8 Å². The van der Waals surface area contributed by atoms with Crippen molar-refractivity contribution in [2.24, 2.45) is 0 Å². The monoisotopic (exact) mass is 380 g/mol. The number of carbonyl (C=O) groups is 1. The summed E-state index contributed by atoms with van der Waals surface area (Å²) in [4.78, 5) is 20.7. The Morgan fingerprint density at radius 1 is 1.23 bits per heavy atom. The van der Waals surface area contributed by atoms with Gasteiger partial charge in [0.2, 0.25) is 5.91 Å². The quantitative estimate of drug-likeness (QED) is 0.482. The predicted octanol–water partition coefficient (Wildman–Crippen LogP) is 3.48. The Morgan fingerprint density at radius 2 is 1.86 bits per heavy atom. The Morgan fingerprint density at radius 3 is 2.50 bits per heavy atom. The number of benzene rings is 1. The van der Waals surface area contributed by atoms with E-state index in [1.54, 1.807) is 6.07 Å². The van der Waals surface area contributed by atoms with Gasteiger partial charge in [-0.05, 0) is 44.5 Å². The second-order valence-electron chi connectivity index (χ2n) is 4.95. The SMILES string of the molecule is Cc1cc(C)nc(SCC(=O)Nc2cc(Br)cc(C)c2N)n1. The highest BCUT2D eigenvalue weighted by Gasteiger charge is 2.10. The van der Waals surface area contributed by atoms with Gasteiger partial charge in [0.05, 0.1) is 17.1 Å². The molecule has 0 aliphatic rings. The summed E-state index contributed by atoms with van der Waals surface area (Å²) in [6.07, 6.45) is 0. The van der Waals surface area contributed by atoms with Gasteiger partial charge in [0, 0.05) is 15.9 Å². The molecule has 0 aliphatic heterocycles. The third-order valence-corrected chi connectivity index (χ3v) is 4.22. The Labute approximate surface area is 142 Å². The van der Waals surface area contributed by atoms with Crippen molar-refractivity contribution in [2.45, 2.75) is 25.9 Å². The Balaban J connectivity index is 2.02. The molecule has 7 heteroatoms. The number of carbonyl (C=O) groups excluding carboxylic acids is 1. The standard InChI is InChI=1S/C15H17BrN4OS/c1-8-4-11(16)6-12(14(8)17)20-13(21)7-22-15-18-9(2)5-10(3)19-15/h4-6H,7,17H2,1-3H3,(H,20,21). The number of thioether (sulfide) groups is 1. The lowest BCUT2D eigenvalue weighted by atomic mass is 10.2. The fourth-order valence-electron chi connectivity index (χ4n) is 1.93. The average Bonchev–Trinajstić information content (AvgIpc) is 2.41. The van der Waals surface area contributed by atoms with Crippen LogP contribution in [-0.4, -0.2) is 21.6 Å². The molecule has 2 aromatic rings. The molecule has 0 radical (unpaired) electrons. The number of nitrogens with zero attached hydrogens (tertiary/aromatic N) is 2. The van der Waals surface area contributed by atoms with Crippen molar-refractivity contribution >= 4 is 45.0 Å². The summed E-state index contributed by atoms with van der Waals surface area (Å²) in [5, 5.41) is 3.42. The minimum atomic E-state index is -0.142. The molecule has 0 saturated heterocycles. The lowest BCUT2D eigenvalue weighted by molar-refractivity contribution is -0.113. The molecule has 1 heterocycles. The van der Waals surface area contributed by atoms with Crippen molar-refractivity contribution in [3.8, 4) is 0 Å². The van der Waals surface area contributed by atoms with Crippen molar-refractivity contribution in [3.63, 3.8) is 0 Å². The first-order chi connectivity index (χ1) is 10.3. The van der Waals surface area contributed by atoms with E-state index in [0.29, 0.717) is 16.5 Å². The van der Waals surface area contributed by atoms with E-state index in [0.717, 1.165) is 21.4 Å². The highest BCUT2D eigenvalue weighted by molar-refractivity contribution is 9.10. The maximum Gasteiger partial charge on any atom is 0.234 e. The summed E-state index contributed by atoms with van der Waals surface area (Å²) >= 11 is 4.70. The van der Waals surface area contributed by atoms with E-state index in [9.17, 15) is 4.79 Å². The van der Waals surface area contributed by atoms with Gasteiger partial charge in [-0.3, -0.25) is 4.79 Å². The van der Waals surface area contributed by atoms with E-state index in [2.05, 4.69) is 31.2 Å². The second kappa shape index (κ2) is 7.11. The van der Waals surface area contributed by atoms with Crippen LogP contribution in [0.4, 0.5) is 11.4 Å². The van der Waals surface area contributed by atoms with Crippen LogP contribution < -0.4 is 11.1 Å². The first-order valence-corrected chi connectivity index (χ1v) is 8.43.